The third-order valence-electron chi connectivity index (χ3n) is 4.26. The predicted octanol–water partition coefficient (Wildman–Crippen LogP) is 1.92. The standard InChI is InChI=1S/C14H16F3N3O/c15-14(16,17)12(21)19-10-5-13(6-10)7-20(8-13)11-3-1-9(18)2-4-11/h1-4,10H,5-8,18H2,(H,19,21). The molecule has 3 rings (SSSR count). The van der Waals surface area contributed by atoms with E-state index in [0.717, 1.165) is 18.8 Å². The van der Waals surface area contributed by atoms with E-state index in [0.29, 0.717) is 18.5 Å². The van der Waals surface area contributed by atoms with Crippen LogP contribution < -0.4 is 16.0 Å². The van der Waals surface area contributed by atoms with Crippen molar-refractivity contribution in [3.63, 3.8) is 0 Å². The highest BCUT2D eigenvalue weighted by Gasteiger charge is 2.54. The van der Waals surface area contributed by atoms with Gasteiger partial charge in [0.2, 0.25) is 0 Å². The van der Waals surface area contributed by atoms with Gasteiger partial charge in [0.1, 0.15) is 0 Å². The molecule has 1 saturated heterocycles. The molecule has 1 aromatic carbocycles. The van der Waals surface area contributed by atoms with Crippen LogP contribution in [0, 0.1) is 5.41 Å². The number of halogens is 3. The number of anilines is 2. The average Bonchev–Trinajstić information content (AvgIpc) is 2.30. The molecule has 0 unspecified atom stereocenters. The van der Waals surface area contributed by atoms with Gasteiger partial charge < -0.3 is 16.0 Å². The fourth-order valence-corrected chi connectivity index (χ4v) is 3.24. The quantitative estimate of drug-likeness (QED) is 0.820. The second-order valence-electron chi connectivity index (χ2n) is 6.02. The van der Waals surface area contributed by atoms with E-state index in [1.54, 1.807) is 0 Å². The molecule has 1 aliphatic heterocycles. The van der Waals surface area contributed by atoms with Gasteiger partial charge in [-0.1, -0.05) is 0 Å². The number of amides is 1. The Morgan fingerprint density at radius 3 is 2.33 bits per heavy atom. The molecule has 2 aliphatic rings. The molecule has 0 radical (unpaired) electrons. The van der Waals surface area contributed by atoms with E-state index in [4.69, 9.17) is 5.73 Å². The second kappa shape index (κ2) is 4.54. The van der Waals surface area contributed by atoms with Gasteiger partial charge in [-0.15, -0.1) is 0 Å². The minimum Gasteiger partial charge on any atom is -0.399 e. The zero-order valence-electron chi connectivity index (χ0n) is 11.3. The van der Waals surface area contributed by atoms with Gasteiger partial charge in [0.15, 0.2) is 0 Å². The maximum absolute atomic E-state index is 12.1. The van der Waals surface area contributed by atoms with Crippen molar-refractivity contribution in [2.45, 2.75) is 25.1 Å². The van der Waals surface area contributed by atoms with Crippen LogP contribution in [0.25, 0.3) is 0 Å². The molecule has 4 nitrogen and oxygen atoms in total. The molecule has 1 saturated carbocycles. The monoisotopic (exact) mass is 299 g/mol. The summed E-state index contributed by atoms with van der Waals surface area (Å²) in [6.45, 7) is 1.63. The van der Waals surface area contributed by atoms with Crippen molar-refractivity contribution in [2.24, 2.45) is 5.41 Å². The lowest BCUT2D eigenvalue weighted by molar-refractivity contribution is -0.176. The Kier molecular flexibility index (Phi) is 3.04. The Morgan fingerprint density at radius 2 is 1.81 bits per heavy atom. The van der Waals surface area contributed by atoms with Gasteiger partial charge >= 0.3 is 12.1 Å². The fourth-order valence-electron chi connectivity index (χ4n) is 3.24. The van der Waals surface area contributed by atoms with Crippen LogP contribution in [0.1, 0.15) is 12.8 Å². The van der Waals surface area contributed by atoms with Gasteiger partial charge in [-0.05, 0) is 37.1 Å². The highest BCUT2D eigenvalue weighted by molar-refractivity contribution is 5.82. The molecule has 0 atom stereocenters. The van der Waals surface area contributed by atoms with E-state index < -0.39 is 12.1 Å². The number of nitrogens with two attached hydrogens (primary N) is 1. The van der Waals surface area contributed by atoms with E-state index >= 15 is 0 Å². The van der Waals surface area contributed by atoms with Crippen LogP contribution in [0.3, 0.4) is 0 Å². The molecule has 1 aliphatic carbocycles. The van der Waals surface area contributed by atoms with Crippen LogP contribution in [-0.4, -0.2) is 31.2 Å². The molecule has 0 bridgehead atoms. The topological polar surface area (TPSA) is 58.4 Å². The van der Waals surface area contributed by atoms with E-state index in [1.165, 1.54) is 0 Å². The lowest BCUT2D eigenvalue weighted by atomic mass is 9.60. The molecular formula is C14H16F3N3O. The number of carbonyl (C=O) groups excluding carboxylic acids is 1. The van der Waals surface area contributed by atoms with E-state index in [-0.39, 0.29) is 11.5 Å². The number of nitrogens with one attached hydrogen (secondary N) is 1. The molecule has 2 fully saturated rings. The van der Waals surface area contributed by atoms with Crippen molar-refractivity contribution in [1.29, 1.82) is 0 Å². The number of benzene rings is 1. The normalized spacial score (nSPS) is 20.8. The van der Waals surface area contributed by atoms with Crippen molar-refractivity contribution in [2.75, 3.05) is 23.7 Å². The first-order chi connectivity index (χ1) is 9.77. The summed E-state index contributed by atoms with van der Waals surface area (Å²) in [5, 5.41) is 2.04. The molecule has 3 N–H and O–H groups in total. The number of carbonyl (C=O) groups is 1. The minimum atomic E-state index is -4.79. The van der Waals surface area contributed by atoms with Gasteiger partial charge in [-0.25, -0.2) is 0 Å². The Balaban J connectivity index is 1.48. The largest absolute Gasteiger partial charge is 0.471 e. The molecule has 21 heavy (non-hydrogen) atoms. The molecule has 1 amide bonds. The third-order valence-corrected chi connectivity index (χ3v) is 4.26. The average molecular weight is 299 g/mol. The van der Waals surface area contributed by atoms with Crippen molar-refractivity contribution in [1.82, 2.24) is 5.32 Å². The highest BCUT2D eigenvalue weighted by atomic mass is 19.4. The molecule has 7 heteroatoms. The minimum absolute atomic E-state index is 0.0604. The van der Waals surface area contributed by atoms with Crippen LogP contribution in [0.15, 0.2) is 24.3 Å². The van der Waals surface area contributed by atoms with E-state index in [1.807, 2.05) is 29.6 Å². The first-order valence-corrected chi connectivity index (χ1v) is 6.76. The smallest absolute Gasteiger partial charge is 0.399 e. The van der Waals surface area contributed by atoms with Crippen LogP contribution in [0.2, 0.25) is 0 Å². The van der Waals surface area contributed by atoms with Crippen molar-refractivity contribution in [3.8, 4) is 0 Å². The first-order valence-electron chi connectivity index (χ1n) is 6.76. The predicted molar refractivity (Wildman–Crippen MR) is 72.7 cm³/mol. The lowest BCUT2D eigenvalue weighted by Crippen LogP contribution is -2.67. The van der Waals surface area contributed by atoms with Crippen molar-refractivity contribution < 1.29 is 18.0 Å². The molecule has 0 aromatic heterocycles. The fraction of sp³-hybridized carbons (Fsp3) is 0.500. The van der Waals surface area contributed by atoms with Gasteiger partial charge in [-0.3, -0.25) is 4.79 Å². The van der Waals surface area contributed by atoms with Gasteiger partial charge in [0.25, 0.3) is 0 Å². The number of rotatable bonds is 2. The van der Waals surface area contributed by atoms with E-state index in [2.05, 4.69) is 4.90 Å². The summed E-state index contributed by atoms with van der Waals surface area (Å²) in [4.78, 5) is 13.0. The number of hydrogen-bond donors (Lipinski definition) is 2. The SMILES string of the molecule is Nc1ccc(N2CC3(CC(NC(=O)C(F)(F)F)C3)C2)cc1. The molecule has 114 valence electrons. The highest BCUT2D eigenvalue weighted by Crippen LogP contribution is 2.49. The number of nitrogens with zero attached hydrogens (tertiary/aromatic N) is 1. The summed E-state index contributed by atoms with van der Waals surface area (Å²) in [6, 6.07) is 7.17. The van der Waals surface area contributed by atoms with Crippen LogP contribution in [0.5, 0.6) is 0 Å². The van der Waals surface area contributed by atoms with Gasteiger partial charge in [0, 0.05) is 35.9 Å². The Hall–Kier alpha value is -1.92. The first kappa shape index (κ1) is 14.0. The summed E-state index contributed by atoms with van der Waals surface area (Å²) in [6.07, 6.45) is -3.57. The van der Waals surface area contributed by atoms with Crippen molar-refractivity contribution >= 4 is 17.3 Å². The zero-order valence-corrected chi connectivity index (χ0v) is 11.3. The van der Waals surface area contributed by atoms with Gasteiger partial charge in [0.05, 0.1) is 0 Å². The second-order valence-corrected chi connectivity index (χ2v) is 6.02. The molecular weight excluding hydrogens is 283 g/mol. The number of nitrogen functional groups attached to an aromatic ring is 1. The maximum atomic E-state index is 12.1. The van der Waals surface area contributed by atoms with Crippen molar-refractivity contribution in [3.05, 3.63) is 24.3 Å². The van der Waals surface area contributed by atoms with Gasteiger partial charge in [-0.2, -0.15) is 13.2 Å². The van der Waals surface area contributed by atoms with E-state index in [9.17, 15) is 18.0 Å². The summed E-state index contributed by atoms with van der Waals surface area (Å²) >= 11 is 0. The Labute approximate surface area is 120 Å². The summed E-state index contributed by atoms with van der Waals surface area (Å²) in [5.74, 6) is -1.84. The lowest BCUT2D eigenvalue weighted by Gasteiger charge is -2.60. The molecule has 1 aromatic rings. The summed E-state index contributed by atoms with van der Waals surface area (Å²) < 4.78 is 36.4. The Morgan fingerprint density at radius 1 is 1.24 bits per heavy atom. The van der Waals surface area contributed by atoms with Crippen LogP contribution >= 0.6 is 0 Å². The molecule has 1 heterocycles. The van der Waals surface area contributed by atoms with Crippen LogP contribution in [-0.2, 0) is 4.79 Å². The summed E-state index contributed by atoms with van der Waals surface area (Å²) in [7, 11) is 0. The zero-order chi connectivity index (χ0) is 15.3. The molecule has 1 spiro atoms. The number of hydrogen-bond acceptors (Lipinski definition) is 3. The maximum Gasteiger partial charge on any atom is 0.471 e. The Bertz CT molecular complexity index is 542. The summed E-state index contributed by atoms with van der Waals surface area (Å²) in [5.41, 5.74) is 7.46. The van der Waals surface area contributed by atoms with Crippen LogP contribution in [0.4, 0.5) is 24.5 Å². The number of alkyl halides is 3. The third kappa shape index (κ3) is 2.64.